The maximum absolute atomic E-state index is 12.5. The summed E-state index contributed by atoms with van der Waals surface area (Å²) in [7, 11) is 0. The van der Waals surface area contributed by atoms with Gasteiger partial charge in [0.1, 0.15) is 11.5 Å². The van der Waals surface area contributed by atoms with Crippen LogP contribution in [0.15, 0.2) is 0 Å². The molecule has 2 unspecified atom stereocenters. The van der Waals surface area contributed by atoms with E-state index in [1.54, 1.807) is 16.7 Å². The highest BCUT2D eigenvalue weighted by Crippen LogP contribution is 2.28. The van der Waals surface area contributed by atoms with Gasteiger partial charge in [-0.2, -0.15) is 0 Å². The van der Waals surface area contributed by atoms with Crippen LogP contribution >= 0.6 is 0 Å². The molecule has 2 aliphatic rings. The number of nitrogens with zero attached hydrogens (tertiary/aromatic N) is 2. The lowest BCUT2D eigenvalue weighted by Crippen LogP contribution is -2.61. The average molecular weight is 326 g/mol. The SMILES string of the molecule is CCOC(=O)C1CCC2CN(C(=O)OC(C)(C)C)CCN2C1=O. The molecule has 0 spiro atoms. The molecule has 2 amide bonds. The summed E-state index contributed by atoms with van der Waals surface area (Å²) >= 11 is 0. The lowest BCUT2D eigenvalue weighted by molar-refractivity contribution is -0.161. The Labute approximate surface area is 136 Å². The standard InChI is InChI=1S/C16H26N2O5/c1-5-22-14(20)12-7-6-11-10-17(8-9-18(11)13(12)19)15(21)23-16(2,3)4/h11-12H,5-10H2,1-4H3. The number of rotatable bonds is 2. The molecule has 7 nitrogen and oxygen atoms in total. The second-order valence-electron chi connectivity index (χ2n) is 6.99. The third-order valence-corrected chi connectivity index (χ3v) is 4.08. The van der Waals surface area contributed by atoms with Gasteiger partial charge >= 0.3 is 12.1 Å². The second kappa shape index (κ2) is 6.76. The lowest BCUT2D eigenvalue weighted by atomic mass is 9.90. The van der Waals surface area contributed by atoms with Crippen LogP contribution in [0, 0.1) is 5.92 Å². The van der Waals surface area contributed by atoms with E-state index in [1.165, 1.54) is 0 Å². The number of piperazine rings is 1. The zero-order valence-electron chi connectivity index (χ0n) is 14.3. The molecule has 2 fully saturated rings. The molecule has 2 saturated heterocycles. The second-order valence-corrected chi connectivity index (χ2v) is 6.99. The van der Waals surface area contributed by atoms with Crippen LogP contribution in [-0.4, -0.2) is 65.7 Å². The number of carbonyl (C=O) groups is 3. The first kappa shape index (κ1) is 17.6. The molecule has 0 N–H and O–H groups in total. The molecule has 2 heterocycles. The molecule has 2 aliphatic heterocycles. The average Bonchev–Trinajstić information content (AvgIpc) is 2.45. The Morgan fingerprint density at radius 1 is 1.22 bits per heavy atom. The number of hydrogen-bond acceptors (Lipinski definition) is 5. The fourth-order valence-electron chi connectivity index (χ4n) is 3.03. The summed E-state index contributed by atoms with van der Waals surface area (Å²) in [4.78, 5) is 39.8. The topological polar surface area (TPSA) is 76.2 Å². The van der Waals surface area contributed by atoms with Crippen LogP contribution in [-0.2, 0) is 19.1 Å². The van der Waals surface area contributed by atoms with Gasteiger partial charge in [-0.15, -0.1) is 0 Å². The van der Waals surface area contributed by atoms with Gasteiger partial charge in [0.15, 0.2) is 0 Å². The molecule has 7 heteroatoms. The predicted octanol–water partition coefficient (Wildman–Crippen LogP) is 1.41. The first-order valence-electron chi connectivity index (χ1n) is 8.18. The third-order valence-electron chi connectivity index (χ3n) is 4.08. The molecule has 0 bridgehead atoms. The van der Waals surface area contributed by atoms with Crippen molar-refractivity contribution in [3.8, 4) is 0 Å². The summed E-state index contributed by atoms with van der Waals surface area (Å²) in [6, 6.07) is -0.0468. The summed E-state index contributed by atoms with van der Waals surface area (Å²) < 4.78 is 10.4. The van der Waals surface area contributed by atoms with Crippen LogP contribution in [0.1, 0.15) is 40.5 Å². The summed E-state index contributed by atoms with van der Waals surface area (Å²) in [5.74, 6) is -1.31. The van der Waals surface area contributed by atoms with Gasteiger partial charge < -0.3 is 19.3 Å². The van der Waals surface area contributed by atoms with Gasteiger partial charge in [0.25, 0.3) is 0 Å². The normalized spacial score (nSPS) is 25.0. The van der Waals surface area contributed by atoms with Crippen LogP contribution in [0.2, 0.25) is 0 Å². The molecule has 0 radical (unpaired) electrons. The number of fused-ring (bicyclic) bond motifs is 1. The van der Waals surface area contributed by atoms with Crippen molar-refractivity contribution >= 4 is 18.0 Å². The fourth-order valence-corrected chi connectivity index (χ4v) is 3.03. The van der Waals surface area contributed by atoms with E-state index in [4.69, 9.17) is 9.47 Å². The Kier molecular flexibility index (Phi) is 5.16. The van der Waals surface area contributed by atoms with E-state index in [2.05, 4.69) is 0 Å². The van der Waals surface area contributed by atoms with Crippen LogP contribution in [0.4, 0.5) is 4.79 Å². The van der Waals surface area contributed by atoms with E-state index in [9.17, 15) is 14.4 Å². The minimum atomic E-state index is -0.695. The molecule has 2 rings (SSSR count). The highest BCUT2D eigenvalue weighted by atomic mass is 16.6. The number of hydrogen-bond donors (Lipinski definition) is 0. The molecule has 0 aromatic heterocycles. The first-order chi connectivity index (χ1) is 10.7. The minimum Gasteiger partial charge on any atom is -0.465 e. The van der Waals surface area contributed by atoms with E-state index in [1.807, 2.05) is 20.8 Å². The molecule has 0 saturated carbocycles. The van der Waals surface area contributed by atoms with E-state index >= 15 is 0 Å². The van der Waals surface area contributed by atoms with Crippen LogP contribution in [0.25, 0.3) is 0 Å². The maximum Gasteiger partial charge on any atom is 0.410 e. The van der Waals surface area contributed by atoms with Crippen molar-refractivity contribution in [1.82, 2.24) is 9.80 Å². The van der Waals surface area contributed by atoms with Gasteiger partial charge in [0, 0.05) is 25.7 Å². The molecule has 0 aromatic rings. The van der Waals surface area contributed by atoms with Gasteiger partial charge in [-0.1, -0.05) is 0 Å². The van der Waals surface area contributed by atoms with E-state index in [-0.39, 0.29) is 24.6 Å². The summed E-state index contributed by atoms with van der Waals surface area (Å²) in [6.07, 6.45) is 0.812. The molecule has 0 aliphatic carbocycles. The van der Waals surface area contributed by atoms with Crippen molar-refractivity contribution in [2.45, 2.75) is 52.2 Å². The summed E-state index contributed by atoms with van der Waals surface area (Å²) in [6.45, 7) is 8.80. The van der Waals surface area contributed by atoms with Crippen LogP contribution in [0.3, 0.4) is 0 Å². The Balaban J connectivity index is 1.96. The third kappa shape index (κ3) is 4.14. The Morgan fingerprint density at radius 2 is 1.91 bits per heavy atom. The predicted molar refractivity (Wildman–Crippen MR) is 82.7 cm³/mol. The number of esters is 1. The molecule has 2 atom stereocenters. The summed E-state index contributed by atoms with van der Waals surface area (Å²) in [5, 5.41) is 0. The van der Waals surface area contributed by atoms with Crippen molar-refractivity contribution < 1.29 is 23.9 Å². The number of ether oxygens (including phenoxy) is 2. The monoisotopic (exact) mass is 326 g/mol. The molecular weight excluding hydrogens is 300 g/mol. The summed E-state index contributed by atoms with van der Waals surface area (Å²) in [5.41, 5.74) is -0.536. The van der Waals surface area contributed by atoms with Crippen molar-refractivity contribution in [3.05, 3.63) is 0 Å². The minimum absolute atomic E-state index is 0.0468. The van der Waals surface area contributed by atoms with Crippen LogP contribution in [0.5, 0.6) is 0 Å². The van der Waals surface area contributed by atoms with Crippen LogP contribution < -0.4 is 0 Å². The van der Waals surface area contributed by atoms with E-state index in [0.717, 1.165) is 0 Å². The highest BCUT2D eigenvalue weighted by Gasteiger charge is 2.43. The molecule has 130 valence electrons. The smallest absolute Gasteiger partial charge is 0.410 e. The Hall–Kier alpha value is -1.79. The fraction of sp³-hybridized carbons (Fsp3) is 0.812. The molecule has 23 heavy (non-hydrogen) atoms. The van der Waals surface area contributed by atoms with Crippen molar-refractivity contribution in [2.24, 2.45) is 5.92 Å². The number of piperidine rings is 1. The van der Waals surface area contributed by atoms with Gasteiger partial charge in [-0.25, -0.2) is 4.79 Å². The van der Waals surface area contributed by atoms with Gasteiger partial charge in [0.05, 0.1) is 6.61 Å². The molecule has 0 aromatic carbocycles. The van der Waals surface area contributed by atoms with Crippen molar-refractivity contribution in [2.75, 3.05) is 26.2 Å². The number of carbonyl (C=O) groups excluding carboxylic acids is 3. The van der Waals surface area contributed by atoms with Gasteiger partial charge in [-0.05, 0) is 40.5 Å². The van der Waals surface area contributed by atoms with Crippen molar-refractivity contribution in [3.63, 3.8) is 0 Å². The van der Waals surface area contributed by atoms with Gasteiger partial charge in [-0.3, -0.25) is 9.59 Å². The van der Waals surface area contributed by atoms with Gasteiger partial charge in [0.2, 0.25) is 5.91 Å². The van der Waals surface area contributed by atoms with E-state index in [0.29, 0.717) is 32.5 Å². The van der Waals surface area contributed by atoms with E-state index < -0.39 is 17.5 Å². The Bertz CT molecular complexity index is 485. The highest BCUT2D eigenvalue weighted by molar-refractivity contribution is 5.98. The quantitative estimate of drug-likeness (QED) is 0.566. The molecular formula is C16H26N2O5. The zero-order valence-corrected chi connectivity index (χ0v) is 14.3. The first-order valence-corrected chi connectivity index (χ1v) is 8.18. The maximum atomic E-state index is 12.5. The zero-order chi connectivity index (χ0) is 17.2. The Morgan fingerprint density at radius 3 is 2.52 bits per heavy atom. The number of amides is 2. The lowest BCUT2D eigenvalue weighted by Gasteiger charge is -2.45. The van der Waals surface area contributed by atoms with Crippen molar-refractivity contribution in [1.29, 1.82) is 0 Å². The largest absolute Gasteiger partial charge is 0.465 e.